The minimum absolute atomic E-state index is 0.00000437. The Labute approximate surface area is 135 Å². The van der Waals surface area contributed by atoms with Crippen molar-refractivity contribution in [1.29, 1.82) is 0 Å². The fourth-order valence-electron chi connectivity index (χ4n) is 1.93. The Hall–Kier alpha value is -1.90. The van der Waals surface area contributed by atoms with Gasteiger partial charge in [-0.1, -0.05) is 23.8 Å². The molecule has 8 heteroatoms. The zero-order valence-corrected chi connectivity index (χ0v) is 14.2. The summed E-state index contributed by atoms with van der Waals surface area (Å²) in [4.78, 5) is 0.00000437. The average molecular weight is 356 g/mol. The van der Waals surface area contributed by atoms with Crippen LogP contribution in [-0.2, 0) is 26.0 Å². The van der Waals surface area contributed by atoms with Crippen molar-refractivity contribution in [1.82, 2.24) is 0 Å². The molecule has 0 aromatic heterocycles. The smallest absolute Gasteiger partial charge is 0.339 e. The second kappa shape index (κ2) is 6.31. The van der Waals surface area contributed by atoms with E-state index in [4.69, 9.17) is 8.74 Å². The van der Waals surface area contributed by atoms with E-state index < -0.39 is 26.0 Å². The monoisotopic (exact) mass is 356 g/mol. The largest absolute Gasteiger partial charge is 0.379 e. The van der Waals surface area contributed by atoms with Crippen LogP contribution in [0, 0.1) is 13.8 Å². The summed E-state index contributed by atoms with van der Waals surface area (Å²) >= 11 is 0. The topological polar surface area (TPSA) is 97.7 Å². The SMILES string of the molecule is Cc1ccc(S(=O)(=O)Oc2ccc(C)c(CS(=O)(=O)O)c2)cc1. The zero-order valence-electron chi connectivity index (χ0n) is 12.6. The molecule has 0 aliphatic carbocycles. The van der Waals surface area contributed by atoms with E-state index in [1.54, 1.807) is 19.1 Å². The molecule has 2 aromatic carbocycles. The van der Waals surface area contributed by atoms with Gasteiger partial charge in [0.25, 0.3) is 10.1 Å². The van der Waals surface area contributed by atoms with E-state index in [9.17, 15) is 16.8 Å². The van der Waals surface area contributed by atoms with Crippen molar-refractivity contribution in [2.75, 3.05) is 0 Å². The highest BCUT2D eigenvalue weighted by atomic mass is 32.2. The van der Waals surface area contributed by atoms with E-state index in [2.05, 4.69) is 0 Å². The maximum atomic E-state index is 12.2. The van der Waals surface area contributed by atoms with Crippen molar-refractivity contribution in [3.05, 3.63) is 59.2 Å². The molecule has 0 aliphatic rings. The third-order valence-electron chi connectivity index (χ3n) is 3.17. The summed E-state index contributed by atoms with van der Waals surface area (Å²) < 4.78 is 60.4. The number of aryl methyl sites for hydroxylation is 2. The van der Waals surface area contributed by atoms with Crippen LogP contribution in [-0.4, -0.2) is 21.4 Å². The molecule has 0 spiro atoms. The highest BCUT2D eigenvalue weighted by Gasteiger charge is 2.18. The van der Waals surface area contributed by atoms with E-state index in [1.165, 1.54) is 30.3 Å². The first-order chi connectivity index (χ1) is 10.6. The molecule has 6 nitrogen and oxygen atoms in total. The lowest BCUT2D eigenvalue weighted by Gasteiger charge is -2.10. The number of hydrogen-bond donors (Lipinski definition) is 1. The minimum atomic E-state index is -4.22. The molecule has 0 heterocycles. The summed E-state index contributed by atoms with van der Waals surface area (Å²) in [6.45, 7) is 3.48. The summed E-state index contributed by atoms with van der Waals surface area (Å²) in [6, 6.07) is 10.4. The highest BCUT2D eigenvalue weighted by molar-refractivity contribution is 7.87. The zero-order chi connectivity index (χ0) is 17.3. The quantitative estimate of drug-likeness (QED) is 0.653. The van der Waals surface area contributed by atoms with E-state index >= 15 is 0 Å². The van der Waals surface area contributed by atoms with E-state index in [-0.39, 0.29) is 16.2 Å². The minimum Gasteiger partial charge on any atom is -0.379 e. The van der Waals surface area contributed by atoms with Gasteiger partial charge in [-0.15, -0.1) is 0 Å². The van der Waals surface area contributed by atoms with Crippen LogP contribution in [0.2, 0.25) is 0 Å². The van der Waals surface area contributed by atoms with Gasteiger partial charge in [-0.05, 0) is 49.2 Å². The van der Waals surface area contributed by atoms with Crippen LogP contribution in [0.25, 0.3) is 0 Å². The van der Waals surface area contributed by atoms with Gasteiger partial charge in [-0.2, -0.15) is 16.8 Å². The van der Waals surface area contributed by atoms with E-state index in [0.717, 1.165) is 5.56 Å². The van der Waals surface area contributed by atoms with Crippen LogP contribution in [0.15, 0.2) is 47.4 Å². The molecule has 1 N–H and O–H groups in total. The van der Waals surface area contributed by atoms with Crippen molar-refractivity contribution < 1.29 is 25.6 Å². The summed E-state index contributed by atoms with van der Waals surface area (Å²) in [5.74, 6) is -0.629. The highest BCUT2D eigenvalue weighted by Crippen LogP contribution is 2.23. The Bertz CT molecular complexity index is 913. The third kappa shape index (κ3) is 4.78. The first kappa shape index (κ1) is 17.5. The molecule has 2 rings (SSSR count). The molecule has 0 aliphatic heterocycles. The molecule has 0 bridgehead atoms. The predicted octanol–water partition coefficient (Wildman–Crippen LogP) is 2.46. The Morgan fingerprint density at radius 3 is 2.13 bits per heavy atom. The van der Waals surface area contributed by atoms with Crippen LogP contribution in [0.4, 0.5) is 0 Å². The Morgan fingerprint density at radius 2 is 1.57 bits per heavy atom. The number of rotatable bonds is 5. The summed E-state index contributed by atoms with van der Waals surface area (Å²) in [5, 5.41) is 0. The van der Waals surface area contributed by atoms with Crippen LogP contribution in [0.3, 0.4) is 0 Å². The molecule has 0 amide bonds. The van der Waals surface area contributed by atoms with Crippen molar-refractivity contribution in [3.63, 3.8) is 0 Å². The lowest BCUT2D eigenvalue weighted by atomic mass is 10.1. The molecule has 0 fully saturated rings. The Kier molecular flexibility index (Phi) is 4.79. The molecule has 23 heavy (non-hydrogen) atoms. The lowest BCUT2D eigenvalue weighted by molar-refractivity contribution is 0.482. The predicted molar refractivity (Wildman–Crippen MR) is 85.4 cm³/mol. The summed E-state index contributed by atoms with van der Waals surface area (Å²) in [7, 11) is -8.24. The molecule has 124 valence electrons. The van der Waals surface area contributed by atoms with Gasteiger partial charge < -0.3 is 4.18 Å². The van der Waals surface area contributed by atoms with E-state index in [1.807, 2.05) is 6.92 Å². The van der Waals surface area contributed by atoms with Crippen molar-refractivity contribution in [3.8, 4) is 5.75 Å². The molecule has 0 saturated heterocycles. The van der Waals surface area contributed by atoms with Crippen molar-refractivity contribution in [2.45, 2.75) is 24.5 Å². The van der Waals surface area contributed by atoms with Gasteiger partial charge in [0.1, 0.15) is 16.4 Å². The number of hydrogen-bond acceptors (Lipinski definition) is 5. The van der Waals surface area contributed by atoms with Crippen LogP contribution >= 0.6 is 0 Å². The normalized spacial score (nSPS) is 12.1. The van der Waals surface area contributed by atoms with Gasteiger partial charge in [0.2, 0.25) is 0 Å². The molecule has 0 saturated carbocycles. The van der Waals surface area contributed by atoms with Crippen LogP contribution < -0.4 is 4.18 Å². The standard InChI is InChI=1S/C15H16O6S2/c1-11-3-7-15(8-4-11)23(19,20)21-14-6-5-12(2)13(9-14)10-22(16,17)18/h3-9H,10H2,1-2H3,(H,16,17,18). The maximum Gasteiger partial charge on any atom is 0.339 e. The van der Waals surface area contributed by atoms with Crippen molar-refractivity contribution in [2.24, 2.45) is 0 Å². The molecular formula is C15H16O6S2. The van der Waals surface area contributed by atoms with Crippen LogP contribution in [0.1, 0.15) is 16.7 Å². The first-order valence-electron chi connectivity index (χ1n) is 6.63. The van der Waals surface area contributed by atoms with Crippen LogP contribution in [0.5, 0.6) is 5.75 Å². The fourth-order valence-corrected chi connectivity index (χ4v) is 3.56. The second-order valence-corrected chi connectivity index (χ2v) is 8.16. The van der Waals surface area contributed by atoms with Crippen molar-refractivity contribution >= 4 is 20.2 Å². The van der Waals surface area contributed by atoms with Gasteiger partial charge >= 0.3 is 10.1 Å². The molecular weight excluding hydrogens is 340 g/mol. The Balaban J connectivity index is 2.32. The number of benzene rings is 2. The summed E-state index contributed by atoms with van der Waals surface area (Å²) in [6.07, 6.45) is 0. The summed E-state index contributed by atoms with van der Waals surface area (Å²) in [5.41, 5.74) is 1.78. The lowest BCUT2D eigenvalue weighted by Crippen LogP contribution is -2.10. The molecule has 2 aromatic rings. The van der Waals surface area contributed by atoms with E-state index in [0.29, 0.717) is 5.56 Å². The third-order valence-corrected chi connectivity index (χ3v) is 5.11. The first-order valence-corrected chi connectivity index (χ1v) is 9.64. The molecule has 0 radical (unpaired) electrons. The fraction of sp³-hybridized carbons (Fsp3) is 0.200. The van der Waals surface area contributed by atoms with Gasteiger partial charge in [0, 0.05) is 0 Å². The van der Waals surface area contributed by atoms with Gasteiger partial charge in [0.05, 0.1) is 0 Å². The van der Waals surface area contributed by atoms with Gasteiger partial charge in [-0.25, -0.2) is 0 Å². The van der Waals surface area contributed by atoms with Gasteiger partial charge in [0.15, 0.2) is 0 Å². The Morgan fingerprint density at radius 1 is 0.957 bits per heavy atom. The molecule has 0 atom stereocenters. The van der Waals surface area contributed by atoms with Gasteiger partial charge in [-0.3, -0.25) is 4.55 Å². The maximum absolute atomic E-state index is 12.2. The second-order valence-electron chi connectivity index (χ2n) is 5.17. The molecule has 0 unspecified atom stereocenters. The average Bonchev–Trinajstić information content (AvgIpc) is 2.41.